The lowest BCUT2D eigenvalue weighted by Crippen LogP contribution is -2.41. The van der Waals surface area contributed by atoms with Gasteiger partial charge in [-0.05, 0) is 43.5 Å². The van der Waals surface area contributed by atoms with Crippen LogP contribution >= 0.6 is 0 Å². The number of carbonyl (C=O) groups excluding carboxylic acids is 1. The first kappa shape index (κ1) is 15.0. The van der Waals surface area contributed by atoms with Crippen LogP contribution in [0.25, 0.3) is 0 Å². The SMILES string of the molecule is CCc1ccc(NC(=O)CN2CCCC(CF)C2)cc1. The molecule has 0 saturated carbocycles. The van der Waals surface area contributed by atoms with E-state index in [2.05, 4.69) is 12.2 Å². The van der Waals surface area contributed by atoms with Crippen LogP contribution in [0.3, 0.4) is 0 Å². The highest BCUT2D eigenvalue weighted by atomic mass is 19.1. The zero-order valence-electron chi connectivity index (χ0n) is 12.1. The number of carbonyl (C=O) groups is 1. The smallest absolute Gasteiger partial charge is 0.238 e. The summed E-state index contributed by atoms with van der Waals surface area (Å²) in [4.78, 5) is 14.0. The third-order valence-corrected chi connectivity index (χ3v) is 3.83. The molecular weight excluding hydrogens is 255 g/mol. The minimum absolute atomic E-state index is 0.0197. The van der Waals surface area contributed by atoms with Gasteiger partial charge in [0.1, 0.15) is 0 Å². The van der Waals surface area contributed by atoms with Crippen LogP contribution in [0.1, 0.15) is 25.3 Å². The van der Waals surface area contributed by atoms with Gasteiger partial charge in [-0.25, -0.2) is 0 Å². The number of hydrogen-bond donors (Lipinski definition) is 1. The van der Waals surface area contributed by atoms with E-state index in [9.17, 15) is 9.18 Å². The number of nitrogens with one attached hydrogen (secondary N) is 1. The van der Waals surface area contributed by atoms with E-state index < -0.39 is 0 Å². The lowest BCUT2D eigenvalue weighted by Gasteiger charge is -2.30. The van der Waals surface area contributed by atoms with Gasteiger partial charge in [-0.15, -0.1) is 0 Å². The van der Waals surface area contributed by atoms with E-state index in [1.165, 1.54) is 5.56 Å². The van der Waals surface area contributed by atoms with Crippen molar-refractivity contribution in [3.05, 3.63) is 29.8 Å². The average Bonchev–Trinajstić information content (AvgIpc) is 2.48. The summed E-state index contributed by atoms with van der Waals surface area (Å²) in [6.45, 7) is 3.76. The molecule has 0 aliphatic carbocycles. The zero-order valence-corrected chi connectivity index (χ0v) is 12.1. The van der Waals surface area contributed by atoms with Gasteiger partial charge >= 0.3 is 0 Å². The fourth-order valence-electron chi connectivity index (χ4n) is 2.65. The minimum Gasteiger partial charge on any atom is -0.325 e. The normalized spacial score (nSPS) is 19.8. The Hall–Kier alpha value is -1.42. The third kappa shape index (κ3) is 4.30. The Balaban J connectivity index is 1.82. The van der Waals surface area contributed by atoms with Crippen molar-refractivity contribution in [1.82, 2.24) is 4.90 Å². The van der Waals surface area contributed by atoms with Crippen molar-refractivity contribution in [3.63, 3.8) is 0 Å². The highest BCUT2D eigenvalue weighted by molar-refractivity contribution is 5.92. The molecule has 1 aliphatic heterocycles. The topological polar surface area (TPSA) is 32.3 Å². The molecule has 0 radical (unpaired) electrons. The largest absolute Gasteiger partial charge is 0.325 e. The van der Waals surface area contributed by atoms with Gasteiger partial charge in [-0.3, -0.25) is 14.1 Å². The number of likely N-dealkylation sites (tertiary alicyclic amines) is 1. The van der Waals surface area contributed by atoms with E-state index >= 15 is 0 Å². The van der Waals surface area contributed by atoms with Crippen molar-refractivity contribution in [3.8, 4) is 0 Å². The Morgan fingerprint density at radius 2 is 2.15 bits per heavy atom. The number of hydrogen-bond acceptors (Lipinski definition) is 2. The number of benzene rings is 1. The molecule has 1 aromatic rings. The van der Waals surface area contributed by atoms with Crippen molar-refractivity contribution >= 4 is 11.6 Å². The molecule has 1 amide bonds. The van der Waals surface area contributed by atoms with Crippen LogP contribution in [0, 0.1) is 5.92 Å². The van der Waals surface area contributed by atoms with E-state index in [-0.39, 0.29) is 18.5 Å². The summed E-state index contributed by atoms with van der Waals surface area (Å²) in [5.74, 6) is 0.0779. The van der Waals surface area contributed by atoms with E-state index in [1.54, 1.807) is 0 Å². The molecule has 2 rings (SSSR count). The molecule has 1 aromatic carbocycles. The second kappa shape index (κ2) is 7.39. The molecule has 1 aliphatic rings. The number of rotatable bonds is 5. The summed E-state index contributed by atoms with van der Waals surface area (Å²) in [5.41, 5.74) is 2.08. The molecule has 0 spiro atoms. The number of piperidine rings is 1. The number of alkyl halides is 1. The summed E-state index contributed by atoms with van der Waals surface area (Å²) in [7, 11) is 0. The van der Waals surface area contributed by atoms with E-state index in [0.717, 1.165) is 31.5 Å². The summed E-state index contributed by atoms with van der Waals surface area (Å²) < 4.78 is 12.7. The predicted octanol–water partition coefficient (Wildman–Crippen LogP) is 2.87. The Morgan fingerprint density at radius 1 is 1.40 bits per heavy atom. The van der Waals surface area contributed by atoms with E-state index in [0.29, 0.717) is 13.1 Å². The van der Waals surface area contributed by atoms with Crippen LogP contribution in [0.4, 0.5) is 10.1 Å². The first-order valence-corrected chi connectivity index (χ1v) is 7.38. The lowest BCUT2D eigenvalue weighted by atomic mass is 9.99. The molecule has 0 aromatic heterocycles. The van der Waals surface area contributed by atoms with Gasteiger partial charge in [0, 0.05) is 18.2 Å². The van der Waals surface area contributed by atoms with Crippen LogP contribution in [0.15, 0.2) is 24.3 Å². The molecule has 3 nitrogen and oxygen atoms in total. The van der Waals surface area contributed by atoms with Crippen molar-refractivity contribution in [1.29, 1.82) is 0 Å². The number of nitrogens with zero attached hydrogens (tertiary/aromatic N) is 1. The molecule has 20 heavy (non-hydrogen) atoms. The van der Waals surface area contributed by atoms with Gasteiger partial charge < -0.3 is 5.32 Å². The summed E-state index contributed by atoms with van der Waals surface area (Å²) >= 11 is 0. The molecule has 1 heterocycles. The summed E-state index contributed by atoms with van der Waals surface area (Å²) in [6.07, 6.45) is 2.91. The van der Waals surface area contributed by atoms with Crippen molar-refractivity contribution < 1.29 is 9.18 Å². The highest BCUT2D eigenvalue weighted by Crippen LogP contribution is 2.17. The molecule has 1 unspecified atom stereocenters. The maximum atomic E-state index is 12.7. The standard InChI is InChI=1S/C16H23FN2O/c1-2-13-5-7-15(8-6-13)18-16(20)12-19-9-3-4-14(10-17)11-19/h5-8,14H,2-4,9-12H2,1H3,(H,18,20). The average molecular weight is 278 g/mol. The van der Waals surface area contributed by atoms with Crippen molar-refractivity contribution in [2.45, 2.75) is 26.2 Å². The number of amides is 1. The van der Waals surface area contributed by atoms with E-state index in [4.69, 9.17) is 0 Å². The van der Waals surface area contributed by atoms with Gasteiger partial charge in [0.05, 0.1) is 13.2 Å². The summed E-state index contributed by atoms with van der Waals surface area (Å²) in [5, 5.41) is 2.90. The van der Waals surface area contributed by atoms with Gasteiger partial charge in [-0.2, -0.15) is 0 Å². The van der Waals surface area contributed by atoms with Gasteiger partial charge in [0.2, 0.25) is 5.91 Å². The minimum atomic E-state index is -0.281. The summed E-state index contributed by atoms with van der Waals surface area (Å²) in [6, 6.07) is 7.90. The molecule has 1 saturated heterocycles. The van der Waals surface area contributed by atoms with E-state index in [1.807, 2.05) is 29.2 Å². The monoisotopic (exact) mass is 278 g/mol. The third-order valence-electron chi connectivity index (χ3n) is 3.83. The Kier molecular flexibility index (Phi) is 5.53. The highest BCUT2D eigenvalue weighted by Gasteiger charge is 2.21. The molecule has 4 heteroatoms. The maximum Gasteiger partial charge on any atom is 0.238 e. The number of aryl methyl sites for hydroxylation is 1. The van der Waals surface area contributed by atoms with Gasteiger partial charge in [0.25, 0.3) is 0 Å². The van der Waals surface area contributed by atoms with Crippen LogP contribution in [-0.2, 0) is 11.2 Å². The first-order valence-electron chi connectivity index (χ1n) is 7.38. The molecule has 0 bridgehead atoms. The Labute approximate surface area is 120 Å². The fourth-order valence-corrected chi connectivity index (χ4v) is 2.65. The van der Waals surface area contributed by atoms with Crippen LogP contribution in [-0.4, -0.2) is 37.1 Å². The molecular formula is C16H23FN2O. The van der Waals surface area contributed by atoms with Crippen LogP contribution < -0.4 is 5.32 Å². The first-order chi connectivity index (χ1) is 9.71. The lowest BCUT2D eigenvalue weighted by molar-refractivity contribution is -0.117. The second-order valence-corrected chi connectivity index (χ2v) is 5.50. The molecule has 1 fully saturated rings. The number of anilines is 1. The van der Waals surface area contributed by atoms with Crippen molar-refractivity contribution in [2.75, 3.05) is 31.6 Å². The van der Waals surface area contributed by atoms with Gasteiger partial charge in [-0.1, -0.05) is 19.1 Å². The Morgan fingerprint density at radius 3 is 2.80 bits per heavy atom. The predicted molar refractivity (Wildman–Crippen MR) is 79.6 cm³/mol. The number of halogens is 1. The van der Waals surface area contributed by atoms with Gasteiger partial charge in [0.15, 0.2) is 0 Å². The molecule has 1 atom stereocenters. The Bertz CT molecular complexity index is 433. The zero-order chi connectivity index (χ0) is 14.4. The quantitative estimate of drug-likeness (QED) is 0.898. The molecule has 1 N–H and O–H groups in total. The maximum absolute atomic E-state index is 12.7. The van der Waals surface area contributed by atoms with Crippen LogP contribution in [0.2, 0.25) is 0 Å². The van der Waals surface area contributed by atoms with Crippen LogP contribution in [0.5, 0.6) is 0 Å². The fraction of sp³-hybridized carbons (Fsp3) is 0.562. The molecule has 110 valence electrons. The van der Waals surface area contributed by atoms with Crippen molar-refractivity contribution in [2.24, 2.45) is 5.92 Å². The second-order valence-electron chi connectivity index (χ2n) is 5.50.